The van der Waals surface area contributed by atoms with E-state index in [0.717, 1.165) is 25.0 Å². The monoisotopic (exact) mass is 213 g/mol. The summed E-state index contributed by atoms with van der Waals surface area (Å²) < 4.78 is 0. The largest absolute Gasteiger partial charge is 0.667 e. The van der Waals surface area contributed by atoms with Crippen LogP contribution >= 0.6 is 11.8 Å². The average molecular weight is 213 g/mol. The Labute approximate surface area is 89.4 Å². The summed E-state index contributed by atoms with van der Waals surface area (Å²) in [6.07, 6.45) is 4.18. The molecule has 0 spiro atoms. The molecule has 0 aromatic carbocycles. The van der Waals surface area contributed by atoms with E-state index in [1.165, 1.54) is 6.42 Å². The highest BCUT2D eigenvalue weighted by Gasteiger charge is 2.34. The molecule has 2 heterocycles. The number of nitrogens with zero attached hydrogens (tertiary/aromatic N) is 1. The van der Waals surface area contributed by atoms with Crippen molar-refractivity contribution in [2.24, 2.45) is 0 Å². The highest BCUT2D eigenvalue weighted by Crippen LogP contribution is 2.34. The summed E-state index contributed by atoms with van der Waals surface area (Å²) in [5, 5.41) is 0.363. The number of thioether (sulfide) groups is 1. The van der Waals surface area contributed by atoms with Crippen molar-refractivity contribution in [1.29, 1.82) is 0 Å². The molecule has 2 fully saturated rings. The average Bonchev–Trinajstić information content (AvgIpc) is 2.29. The zero-order chi connectivity index (χ0) is 10.1. The van der Waals surface area contributed by atoms with Crippen LogP contribution in [0.5, 0.6) is 0 Å². The van der Waals surface area contributed by atoms with Crippen molar-refractivity contribution >= 4 is 17.7 Å². The molecular weight excluding hydrogens is 196 g/mol. The molecule has 1 amide bonds. The summed E-state index contributed by atoms with van der Waals surface area (Å²) in [5.74, 6) is 1.03. The number of rotatable bonds is 0. The number of nitrogens with one attached hydrogen (secondary N) is 1. The van der Waals surface area contributed by atoms with E-state index in [0.29, 0.717) is 11.4 Å². The maximum atomic E-state index is 11.9. The van der Waals surface area contributed by atoms with Crippen LogP contribution in [0.2, 0.25) is 0 Å². The second-order valence-electron chi connectivity index (χ2n) is 4.19. The standard InChI is InChI=1S/C10H17N2OS/c1-7-3-2-4-9-12(7)10(13)8(11)5-6-14-9/h7-9,11H,2-6H2,1H3/q-1/t7-,8?,9?/m1/s1. The van der Waals surface area contributed by atoms with Gasteiger partial charge in [0, 0.05) is 6.04 Å². The van der Waals surface area contributed by atoms with Crippen LogP contribution in [0.1, 0.15) is 32.6 Å². The maximum Gasteiger partial charge on any atom is 0.205 e. The Balaban J connectivity index is 2.18. The molecule has 2 aliphatic heterocycles. The van der Waals surface area contributed by atoms with Gasteiger partial charge in [-0.25, -0.2) is 0 Å². The Hall–Kier alpha value is -0.220. The molecule has 0 bridgehead atoms. The lowest BCUT2D eigenvalue weighted by Crippen LogP contribution is -2.49. The van der Waals surface area contributed by atoms with E-state index in [4.69, 9.17) is 5.73 Å². The third kappa shape index (κ3) is 1.77. The van der Waals surface area contributed by atoms with Crippen LogP contribution in [0.4, 0.5) is 0 Å². The lowest BCUT2D eigenvalue weighted by molar-refractivity contribution is -0.135. The lowest BCUT2D eigenvalue weighted by Gasteiger charge is -2.41. The molecule has 0 radical (unpaired) electrons. The van der Waals surface area contributed by atoms with Crippen LogP contribution in [0.15, 0.2) is 0 Å². The van der Waals surface area contributed by atoms with E-state index >= 15 is 0 Å². The summed E-state index contributed by atoms with van der Waals surface area (Å²) in [5.41, 5.74) is 7.73. The van der Waals surface area contributed by atoms with Crippen LogP contribution in [0, 0.1) is 0 Å². The smallest absolute Gasteiger partial charge is 0.205 e. The first-order valence-corrected chi connectivity index (χ1v) is 6.40. The van der Waals surface area contributed by atoms with Crippen LogP contribution in [-0.4, -0.2) is 34.0 Å². The van der Waals surface area contributed by atoms with Crippen molar-refractivity contribution in [3.05, 3.63) is 5.73 Å². The molecule has 3 atom stereocenters. The number of carbonyl (C=O) groups is 1. The molecule has 2 aliphatic rings. The van der Waals surface area contributed by atoms with Gasteiger partial charge < -0.3 is 10.6 Å². The number of carbonyl (C=O) groups excluding carboxylic acids is 1. The molecule has 0 saturated carbocycles. The normalized spacial score (nSPS) is 39.1. The van der Waals surface area contributed by atoms with E-state index in [2.05, 4.69) is 6.92 Å². The zero-order valence-electron chi connectivity index (χ0n) is 8.53. The lowest BCUT2D eigenvalue weighted by atomic mass is 10.0. The first kappa shape index (κ1) is 10.3. The molecule has 3 nitrogen and oxygen atoms in total. The van der Waals surface area contributed by atoms with Crippen molar-refractivity contribution in [3.63, 3.8) is 0 Å². The number of amides is 1. The highest BCUT2D eigenvalue weighted by molar-refractivity contribution is 7.99. The molecule has 2 saturated heterocycles. The van der Waals surface area contributed by atoms with E-state index in [-0.39, 0.29) is 5.91 Å². The number of hydrogen-bond donors (Lipinski definition) is 0. The van der Waals surface area contributed by atoms with Crippen molar-refractivity contribution in [3.8, 4) is 0 Å². The number of piperidine rings is 1. The third-order valence-corrected chi connectivity index (χ3v) is 4.45. The van der Waals surface area contributed by atoms with Gasteiger partial charge in [0.2, 0.25) is 5.91 Å². The summed E-state index contributed by atoms with van der Waals surface area (Å²) >= 11 is 1.86. The van der Waals surface area contributed by atoms with Gasteiger partial charge in [0.15, 0.2) is 0 Å². The summed E-state index contributed by atoms with van der Waals surface area (Å²) in [6.45, 7) is 2.11. The van der Waals surface area contributed by atoms with Gasteiger partial charge in [-0.05, 0) is 31.9 Å². The SMILES string of the molecule is C[C@@H]1CCCC2SCCC([NH-])C(=O)N21. The van der Waals surface area contributed by atoms with Gasteiger partial charge in [0.1, 0.15) is 0 Å². The minimum Gasteiger partial charge on any atom is -0.667 e. The Morgan fingerprint density at radius 1 is 1.43 bits per heavy atom. The first-order chi connectivity index (χ1) is 6.70. The molecular formula is C10H17N2OS-. The molecule has 0 aromatic heterocycles. The fourth-order valence-corrected chi connectivity index (χ4v) is 3.75. The topological polar surface area (TPSA) is 44.1 Å². The second-order valence-corrected chi connectivity index (χ2v) is 5.48. The molecule has 4 heteroatoms. The minimum atomic E-state index is -0.506. The molecule has 1 N–H and O–H groups in total. The molecule has 14 heavy (non-hydrogen) atoms. The van der Waals surface area contributed by atoms with Gasteiger partial charge >= 0.3 is 0 Å². The van der Waals surface area contributed by atoms with E-state index in [1.807, 2.05) is 16.7 Å². The fraction of sp³-hybridized carbons (Fsp3) is 0.900. The molecule has 80 valence electrons. The highest BCUT2D eigenvalue weighted by atomic mass is 32.2. The molecule has 2 unspecified atom stereocenters. The van der Waals surface area contributed by atoms with Gasteiger partial charge in [-0.2, -0.15) is 0 Å². The Kier molecular flexibility index (Phi) is 3.02. The number of hydrogen-bond acceptors (Lipinski definition) is 2. The third-order valence-electron chi connectivity index (χ3n) is 3.13. The van der Waals surface area contributed by atoms with Gasteiger partial charge in [-0.3, -0.25) is 4.79 Å². The predicted molar refractivity (Wildman–Crippen MR) is 59.1 cm³/mol. The Morgan fingerprint density at radius 2 is 2.21 bits per heavy atom. The predicted octanol–water partition coefficient (Wildman–Crippen LogP) is 2.27. The Bertz CT molecular complexity index is 234. The van der Waals surface area contributed by atoms with Crippen molar-refractivity contribution < 1.29 is 4.79 Å². The van der Waals surface area contributed by atoms with Gasteiger partial charge in [-0.1, -0.05) is 12.5 Å². The summed E-state index contributed by atoms with van der Waals surface area (Å²) in [6, 6.07) is -0.159. The van der Waals surface area contributed by atoms with E-state index < -0.39 is 6.04 Å². The fourth-order valence-electron chi connectivity index (χ4n) is 2.30. The zero-order valence-corrected chi connectivity index (χ0v) is 9.35. The van der Waals surface area contributed by atoms with E-state index in [9.17, 15) is 4.79 Å². The van der Waals surface area contributed by atoms with E-state index in [1.54, 1.807) is 0 Å². The van der Waals surface area contributed by atoms with Crippen molar-refractivity contribution in [1.82, 2.24) is 4.90 Å². The van der Waals surface area contributed by atoms with Gasteiger partial charge in [0.05, 0.1) is 5.37 Å². The van der Waals surface area contributed by atoms with Crippen LogP contribution in [0.25, 0.3) is 5.73 Å². The number of fused-ring (bicyclic) bond motifs is 1. The second kappa shape index (κ2) is 4.11. The van der Waals surface area contributed by atoms with Crippen molar-refractivity contribution in [2.75, 3.05) is 5.75 Å². The molecule has 0 aliphatic carbocycles. The quantitative estimate of drug-likeness (QED) is 0.619. The van der Waals surface area contributed by atoms with Crippen LogP contribution < -0.4 is 0 Å². The molecule has 2 rings (SSSR count). The molecule has 0 aromatic rings. The van der Waals surface area contributed by atoms with Gasteiger partial charge in [-0.15, -0.1) is 11.8 Å². The van der Waals surface area contributed by atoms with Gasteiger partial charge in [0.25, 0.3) is 0 Å². The maximum absolute atomic E-state index is 11.9. The summed E-state index contributed by atoms with van der Waals surface area (Å²) in [7, 11) is 0. The first-order valence-electron chi connectivity index (χ1n) is 5.35. The minimum absolute atomic E-state index is 0.0622. The van der Waals surface area contributed by atoms with Crippen LogP contribution in [0.3, 0.4) is 0 Å². The Morgan fingerprint density at radius 3 is 3.00 bits per heavy atom. The van der Waals surface area contributed by atoms with Crippen LogP contribution in [-0.2, 0) is 4.79 Å². The van der Waals surface area contributed by atoms with Crippen molar-refractivity contribution in [2.45, 2.75) is 50.1 Å². The summed E-state index contributed by atoms with van der Waals surface area (Å²) in [4.78, 5) is 13.9.